The minimum absolute atomic E-state index is 0.330. The van der Waals surface area contributed by atoms with Crippen molar-refractivity contribution in [2.45, 2.75) is 33.6 Å². The molecule has 0 unspecified atom stereocenters. The molecule has 1 N–H and O–H groups in total. The molecule has 0 atom stereocenters. The first-order valence-electron chi connectivity index (χ1n) is 9.11. The number of pyridine rings is 1. The molecule has 0 saturated carbocycles. The number of anilines is 2. The Balaban J connectivity index is 2.14. The molecule has 3 aromatic rings. The molecule has 0 aliphatic rings. The number of nitrogens with zero attached hydrogens (tertiary/aromatic N) is 1. The Morgan fingerprint density at radius 2 is 1.81 bits per heavy atom. The highest BCUT2D eigenvalue weighted by molar-refractivity contribution is 6.06. The van der Waals surface area contributed by atoms with Gasteiger partial charge in [-0.05, 0) is 43.0 Å². The molecule has 0 radical (unpaired) electrons. The second-order valence-corrected chi connectivity index (χ2v) is 6.11. The highest BCUT2D eigenvalue weighted by Crippen LogP contribution is 2.31. The predicted octanol–water partition coefficient (Wildman–Crippen LogP) is 5.28. The van der Waals surface area contributed by atoms with Gasteiger partial charge in [0.2, 0.25) is 0 Å². The van der Waals surface area contributed by atoms with E-state index in [0.717, 1.165) is 40.7 Å². The van der Waals surface area contributed by atoms with Crippen LogP contribution >= 0.6 is 0 Å². The topological polar surface area (TPSA) is 51.2 Å². The molecule has 0 aliphatic carbocycles. The number of aromatic nitrogens is 1. The number of rotatable bonds is 6. The average molecular weight is 348 g/mol. The molecule has 4 heteroatoms. The molecule has 134 valence electrons. The smallest absolute Gasteiger partial charge is 0.341 e. The highest BCUT2D eigenvalue weighted by Gasteiger charge is 2.18. The van der Waals surface area contributed by atoms with Crippen molar-refractivity contribution in [3.05, 3.63) is 65.4 Å². The summed E-state index contributed by atoms with van der Waals surface area (Å²) >= 11 is 0. The number of para-hydroxylation sites is 1. The number of carbonyl (C=O) groups excluding carboxylic acids is 1. The van der Waals surface area contributed by atoms with Crippen LogP contribution in [0, 0.1) is 0 Å². The fourth-order valence-electron chi connectivity index (χ4n) is 3.04. The Hall–Kier alpha value is -2.88. The number of ether oxygens (including phenoxy) is 1. The van der Waals surface area contributed by atoms with E-state index in [-0.39, 0.29) is 5.97 Å². The summed E-state index contributed by atoms with van der Waals surface area (Å²) in [4.78, 5) is 17.0. The van der Waals surface area contributed by atoms with Gasteiger partial charge in [-0.2, -0.15) is 0 Å². The highest BCUT2D eigenvalue weighted by atomic mass is 16.5. The van der Waals surface area contributed by atoms with Crippen LogP contribution in [-0.2, 0) is 17.6 Å². The third-order valence-electron chi connectivity index (χ3n) is 4.49. The zero-order valence-electron chi connectivity index (χ0n) is 15.5. The fourth-order valence-corrected chi connectivity index (χ4v) is 3.04. The summed E-state index contributed by atoms with van der Waals surface area (Å²) in [6.07, 6.45) is 3.49. The standard InChI is InChI=1S/C22H24N2O2/c1-4-15-10-12-17(13-11-15)24-21-18-9-7-8-16(5-2)20(18)23-14-19(21)22(25)26-6-3/h7-14H,4-6H2,1-3H3,(H,23,24). The van der Waals surface area contributed by atoms with Gasteiger partial charge in [-0.3, -0.25) is 4.98 Å². The van der Waals surface area contributed by atoms with Crippen molar-refractivity contribution in [1.29, 1.82) is 0 Å². The van der Waals surface area contributed by atoms with E-state index in [2.05, 4.69) is 42.3 Å². The van der Waals surface area contributed by atoms with Crippen molar-refractivity contribution in [2.75, 3.05) is 11.9 Å². The van der Waals surface area contributed by atoms with Crippen LogP contribution in [0.1, 0.15) is 42.3 Å². The van der Waals surface area contributed by atoms with Gasteiger partial charge < -0.3 is 10.1 Å². The number of benzene rings is 2. The summed E-state index contributed by atoms with van der Waals surface area (Å²) < 4.78 is 5.23. The van der Waals surface area contributed by atoms with Crippen LogP contribution in [0.4, 0.5) is 11.4 Å². The first kappa shape index (κ1) is 17.9. The molecular formula is C22H24N2O2. The molecule has 26 heavy (non-hydrogen) atoms. The zero-order valence-corrected chi connectivity index (χ0v) is 15.5. The summed E-state index contributed by atoms with van der Waals surface area (Å²) in [5.41, 5.74) is 5.47. The SMILES string of the molecule is CCOC(=O)c1cnc2c(CC)cccc2c1Nc1ccc(CC)cc1. The molecule has 0 amide bonds. The monoisotopic (exact) mass is 348 g/mol. The third-order valence-corrected chi connectivity index (χ3v) is 4.49. The number of fused-ring (bicyclic) bond motifs is 1. The van der Waals surface area contributed by atoms with Crippen molar-refractivity contribution in [1.82, 2.24) is 4.98 Å². The van der Waals surface area contributed by atoms with Crippen LogP contribution in [0.25, 0.3) is 10.9 Å². The molecular weight excluding hydrogens is 324 g/mol. The lowest BCUT2D eigenvalue weighted by Gasteiger charge is -2.15. The molecule has 3 rings (SSSR count). The summed E-state index contributed by atoms with van der Waals surface area (Å²) in [5, 5.41) is 4.34. The quantitative estimate of drug-likeness (QED) is 0.616. The number of esters is 1. The zero-order chi connectivity index (χ0) is 18.5. The van der Waals surface area contributed by atoms with Crippen molar-refractivity contribution >= 4 is 28.2 Å². The number of aryl methyl sites for hydroxylation is 2. The third kappa shape index (κ3) is 3.54. The molecule has 1 heterocycles. The van der Waals surface area contributed by atoms with Gasteiger partial charge in [-0.15, -0.1) is 0 Å². The lowest BCUT2D eigenvalue weighted by atomic mass is 10.0. The molecule has 1 aromatic heterocycles. The Kier molecular flexibility index (Phi) is 5.52. The van der Waals surface area contributed by atoms with Crippen molar-refractivity contribution in [2.24, 2.45) is 0 Å². The Morgan fingerprint density at radius 3 is 2.46 bits per heavy atom. The number of nitrogens with one attached hydrogen (secondary N) is 1. The van der Waals surface area contributed by atoms with Crippen LogP contribution in [0.15, 0.2) is 48.7 Å². The van der Waals surface area contributed by atoms with Gasteiger partial charge in [-0.25, -0.2) is 4.79 Å². The van der Waals surface area contributed by atoms with Crippen LogP contribution in [0.3, 0.4) is 0 Å². The normalized spacial score (nSPS) is 10.7. The molecule has 2 aromatic carbocycles. The molecule has 0 bridgehead atoms. The van der Waals surface area contributed by atoms with Gasteiger partial charge in [0.05, 0.1) is 17.8 Å². The van der Waals surface area contributed by atoms with E-state index in [1.165, 1.54) is 5.56 Å². The van der Waals surface area contributed by atoms with E-state index in [1.54, 1.807) is 13.1 Å². The largest absolute Gasteiger partial charge is 0.462 e. The minimum Gasteiger partial charge on any atom is -0.462 e. The summed E-state index contributed by atoms with van der Waals surface area (Å²) in [6.45, 7) is 6.37. The Labute approximate surface area is 154 Å². The van der Waals surface area contributed by atoms with E-state index in [4.69, 9.17) is 4.74 Å². The van der Waals surface area contributed by atoms with Crippen molar-refractivity contribution in [3.63, 3.8) is 0 Å². The second kappa shape index (κ2) is 8.00. The van der Waals surface area contributed by atoms with Gasteiger partial charge in [0.15, 0.2) is 0 Å². The Bertz CT molecular complexity index is 917. The van der Waals surface area contributed by atoms with Gasteiger partial charge in [-0.1, -0.05) is 44.2 Å². The first-order chi connectivity index (χ1) is 12.7. The molecule has 0 aliphatic heterocycles. The van der Waals surface area contributed by atoms with Crippen LogP contribution < -0.4 is 5.32 Å². The summed E-state index contributed by atoms with van der Waals surface area (Å²) in [6, 6.07) is 14.3. The maximum absolute atomic E-state index is 12.5. The van der Waals surface area contributed by atoms with E-state index in [0.29, 0.717) is 12.2 Å². The summed E-state index contributed by atoms with van der Waals surface area (Å²) in [5.74, 6) is -0.364. The molecule has 0 fully saturated rings. The van der Waals surface area contributed by atoms with Gasteiger partial charge in [0.1, 0.15) is 5.56 Å². The van der Waals surface area contributed by atoms with Gasteiger partial charge >= 0.3 is 5.97 Å². The molecule has 0 spiro atoms. The maximum Gasteiger partial charge on any atom is 0.341 e. The van der Waals surface area contributed by atoms with Gasteiger partial charge in [0.25, 0.3) is 0 Å². The number of carbonyl (C=O) groups is 1. The molecule has 4 nitrogen and oxygen atoms in total. The second-order valence-electron chi connectivity index (χ2n) is 6.11. The van der Waals surface area contributed by atoms with Crippen LogP contribution in [-0.4, -0.2) is 17.6 Å². The number of hydrogen-bond donors (Lipinski definition) is 1. The maximum atomic E-state index is 12.5. The lowest BCUT2D eigenvalue weighted by molar-refractivity contribution is 0.0527. The Morgan fingerprint density at radius 1 is 1.04 bits per heavy atom. The minimum atomic E-state index is -0.364. The fraction of sp³-hybridized carbons (Fsp3) is 0.273. The molecule has 0 saturated heterocycles. The first-order valence-corrected chi connectivity index (χ1v) is 9.11. The summed E-state index contributed by atoms with van der Waals surface area (Å²) in [7, 11) is 0. The predicted molar refractivity (Wildman–Crippen MR) is 106 cm³/mol. The van der Waals surface area contributed by atoms with Crippen molar-refractivity contribution < 1.29 is 9.53 Å². The van der Waals surface area contributed by atoms with Crippen LogP contribution in [0.2, 0.25) is 0 Å². The lowest BCUT2D eigenvalue weighted by Crippen LogP contribution is -2.09. The number of hydrogen-bond acceptors (Lipinski definition) is 4. The van der Waals surface area contributed by atoms with E-state index in [1.807, 2.05) is 24.3 Å². The van der Waals surface area contributed by atoms with E-state index >= 15 is 0 Å². The average Bonchev–Trinajstić information content (AvgIpc) is 2.68. The van der Waals surface area contributed by atoms with Gasteiger partial charge in [0, 0.05) is 17.3 Å². The van der Waals surface area contributed by atoms with Crippen molar-refractivity contribution in [3.8, 4) is 0 Å². The van der Waals surface area contributed by atoms with E-state index < -0.39 is 0 Å². The van der Waals surface area contributed by atoms with Crippen LogP contribution in [0.5, 0.6) is 0 Å². The van der Waals surface area contributed by atoms with E-state index in [9.17, 15) is 4.79 Å².